The lowest BCUT2D eigenvalue weighted by Gasteiger charge is -2.12. The van der Waals surface area contributed by atoms with Gasteiger partial charge in [-0.15, -0.1) is 0 Å². The number of ether oxygens (including phenoxy) is 1. The number of benzene rings is 2. The number of rotatable bonds is 6. The molecule has 0 aliphatic heterocycles. The predicted octanol–water partition coefficient (Wildman–Crippen LogP) is 5.95. The average Bonchev–Trinajstić information content (AvgIpc) is 2.64. The molecule has 0 unspecified atom stereocenters. The van der Waals surface area contributed by atoms with E-state index in [1.165, 1.54) is 0 Å². The van der Waals surface area contributed by atoms with Crippen LogP contribution in [0.1, 0.15) is 23.6 Å². The van der Waals surface area contributed by atoms with Crippen LogP contribution >= 0.6 is 23.8 Å². The second-order valence-electron chi connectivity index (χ2n) is 5.78. The van der Waals surface area contributed by atoms with Crippen molar-refractivity contribution in [1.82, 2.24) is 4.98 Å². The number of thiocarbonyl (C=S) groups is 1. The van der Waals surface area contributed by atoms with Gasteiger partial charge in [0.1, 0.15) is 0 Å². The summed E-state index contributed by atoms with van der Waals surface area (Å²) in [4.78, 5) is 5.00. The summed E-state index contributed by atoms with van der Waals surface area (Å²) in [5.74, 6) is 0.606. The van der Waals surface area contributed by atoms with Crippen molar-refractivity contribution in [1.29, 1.82) is 0 Å². The fourth-order valence-electron chi connectivity index (χ4n) is 2.60. The molecule has 0 aliphatic carbocycles. The quantitative estimate of drug-likeness (QED) is 0.421. The molecule has 5 heteroatoms. The number of aromatic nitrogens is 1. The zero-order chi connectivity index (χ0) is 18.5. The topological polar surface area (TPSA) is 34.1 Å². The van der Waals surface area contributed by atoms with E-state index in [0.717, 1.165) is 32.9 Å². The van der Waals surface area contributed by atoms with Crippen molar-refractivity contribution in [2.75, 3.05) is 11.9 Å². The Kier molecular flexibility index (Phi) is 5.86. The van der Waals surface area contributed by atoms with E-state index >= 15 is 0 Å². The van der Waals surface area contributed by atoms with Gasteiger partial charge in [0.05, 0.1) is 28.4 Å². The summed E-state index contributed by atoms with van der Waals surface area (Å²) in [5.41, 5.74) is 4.75. The maximum Gasteiger partial charge on any atom is 0.213 e. The third-order valence-electron chi connectivity index (χ3n) is 3.92. The molecule has 0 radical (unpaired) electrons. The third kappa shape index (κ3) is 4.21. The molecule has 1 aromatic heterocycles. The minimum atomic E-state index is 0.595. The summed E-state index contributed by atoms with van der Waals surface area (Å²) in [6, 6.07) is 17.6. The predicted molar refractivity (Wildman–Crippen MR) is 112 cm³/mol. The molecule has 3 aromatic rings. The normalized spacial score (nSPS) is 10.4. The summed E-state index contributed by atoms with van der Waals surface area (Å²) in [6.07, 6.45) is 1.73. The third-order valence-corrected chi connectivity index (χ3v) is 4.67. The summed E-state index contributed by atoms with van der Waals surface area (Å²) in [6.45, 7) is 4.57. The van der Waals surface area contributed by atoms with Crippen molar-refractivity contribution in [3.63, 3.8) is 0 Å². The minimum Gasteiger partial charge on any atom is -0.478 e. The molecule has 3 nitrogen and oxygen atoms in total. The lowest BCUT2D eigenvalue weighted by atomic mass is 10.00. The number of aryl methyl sites for hydroxylation is 1. The lowest BCUT2D eigenvalue weighted by molar-refractivity contribution is 0.327. The van der Waals surface area contributed by atoms with Crippen molar-refractivity contribution >= 4 is 40.1 Å². The van der Waals surface area contributed by atoms with E-state index in [4.69, 9.17) is 28.6 Å². The highest BCUT2D eigenvalue weighted by Crippen LogP contribution is 2.27. The second-order valence-corrected chi connectivity index (χ2v) is 6.60. The number of pyridine rings is 1. The molecule has 0 amide bonds. The van der Waals surface area contributed by atoms with E-state index in [1.54, 1.807) is 6.20 Å². The van der Waals surface area contributed by atoms with Crippen molar-refractivity contribution in [3.05, 3.63) is 82.5 Å². The van der Waals surface area contributed by atoms with Crippen LogP contribution < -0.4 is 10.1 Å². The molecule has 0 saturated heterocycles. The molecule has 1 heterocycles. The Bertz CT molecular complexity index is 926. The number of anilines is 2. The zero-order valence-corrected chi connectivity index (χ0v) is 16.2. The summed E-state index contributed by atoms with van der Waals surface area (Å²) in [5, 5.41) is 3.90. The van der Waals surface area contributed by atoms with Gasteiger partial charge in [0.15, 0.2) is 0 Å². The monoisotopic (exact) mass is 382 g/mol. The van der Waals surface area contributed by atoms with Gasteiger partial charge in [-0.3, -0.25) is 0 Å². The van der Waals surface area contributed by atoms with Gasteiger partial charge in [-0.1, -0.05) is 48.1 Å². The van der Waals surface area contributed by atoms with Gasteiger partial charge in [0.2, 0.25) is 5.88 Å². The molecule has 2 aromatic carbocycles. The average molecular weight is 383 g/mol. The van der Waals surface area contributed by atoms with Crippen molar-refractivity contribution < 1.29 is 4.74 Å². The molecule has 0 fully saturated rings. The molecular weight excluding hydrogens is 364 g/mol. The number of nitrogens with one attached hydrogen (secondary N) is 1. The molecule has 0 spiro atoms. The Labute approximate surface area is 164 Å². The first-order valence-corrected chi connectivity index (χ1v) is 9.13. The second kappa shape index (κ2) is 8.30. The molecular formula is C21H19ClN2OS. The van der Waals surface area contributed by atoms with E-state index in [2.05, 4.69) is 10.3 Å². The first-order valence-electron chi connectivity index (χ1n) is 8.34. The Morgan fingerprint density at radius 2 is 1.85 bits per heavy atom. The standard InChI is InChI=1S/C21H19ClN2OS/c1-3-25-20-11-9-16(13-23-20)24-15-8-10-18(19(22)12-15)21(26)17-7-5-4-6-14(17)2/h4-13,24H,3H2,1-2H3. The van der Waals surface area contributed by atoms with Crippen LogP contribution in [0.25, 0.3) is 0 Å². The van der Waals surface area contributed by atoms with E-state index in [1.807, 2.05) is 68.4 Å². The highest BCUT2D eigenvalue weighted by Gasteiger charge is 2.11. The van der Waals surface area contributed by atoms with Crippen LogP contribution in [0.15, 0.2) is 60.8 Å². The van der Waals surface area contributed by atoms with E-state index < -0.39 is 0 Å². The fraction of sp³-hybridized carbons (Fsp3) is 0.143. The Morgan fingerprint density at radius 1 is 1.08 bits per heavy atom. The summed E-state index contributed by atoms with van der Waals surface area (Å²) < 4.78 is 5.35. The molecule has 3 rings (SSSR count). The van der Waals surface area contributed by atoms with Crippen LogP contribution in [-0.2, 0) is 0 Å². The summed E-state index contributed by atoms with van der Waals surface area (Å²) in [7, 11) is 0. The maximum atomic E-state index is 6.50. The van der Waals surface area contributed by atoms with Gasteiger partial charge in [-0.25, -0.2) is 4.98 Å². The number of nitrogens with zero attached hydrogens (tertiary/aromatic N) is 1. The fourth-order valence-corrected chi connectivity index (χ4v) is 3.34. The first-order chi connectivity index (χ1) is 12.6. The molecule has 0 saturated carbocycles. The Morgan fingerprint density at radius 3 is 2.50 bits per heavy atom. The highest BCUT2D eigenvalue weighted by atomic mass is 35.5. The Hall–Kier alpha value is -2.43. The maximum absolute atomic E-state index is 6.50. The SMILES string of the molecule is CCOc1ccc(Nc2ccc(C(=S)c3ccccc3C)c(Cl)c2)cn1. The molecule has 0 aliphatic rings. The smallest absolute Gasteiger partial charge is 0.213 e. The van der Waals surface area contributed by atoms with Crippen molar-refractivity contribution in [2.24, 2.45) is 0 Å². The lowest BCUT2D eigenvalue weighted by Crippen LogP contribution is -2.03. The number of hydrogen-bond donors (Lipinski definition) is 1. The molecule has 0 bridgehead atoms. The molecule has 1 N–H and O–H groups in total. The van der Waals surface area contributed by atoms with Crippen molar-refractivity contribution in [3.8, 4) is 5.88 Å². The van der Waals surface area contributed by atoms with E-state index in [-0.39, 0.29) is 0 Å². The number of halogens is 1. The van der Waals surface area contributed by atoms with Gasteiger partial charge < -0.3 is 10.1 Å². The van der Waals surface area contributed by atoms with E-state index in [9.17, 15) is 0 Å². The first kappa shape index (κ1) is 18.4. The van der Waals surface area contributed by atoms with Crippen LogP contribution in [-0.4, -0.2) is 16.5 Å². The largest absolute Gasteiger partial charge is 0.478 e. The van der Waals surface area contributed by atoms with Crippen LogP contribution in [0.2, 0.25) is 5.02 Å². The van der Waals surface area contributed by atoms with Gasteiger partial charge >= 0.3 is 0 Å². The summed E-state index contributed by atoms with van der Waals surface area (Å²) >= 11 is 12.1. The number of hydrogen-bond acceptors (Lipinski definition) is 4. The molecule has 132 valence electrons. The minimum absolute atomic E-state index is 0.595. The van der Waals surface area contributed by atoms with Crippen LogP contribution in [0, 0.1) is 6.92 Å². The van der Waals surface area contributed by atoms with E-state index in [0.29, 0.717) is 17.5 Å². The van der Waals surface area contributed by atoms with Crippen molar-refractivity contribution in [2.45, 2.75) is 13.8 Å². The Balaban J connectivity index is 1.79. The molecule has 26 heavy (non-hydrogen) atoms. The van der Waals surface area contributed by atoms with Gasteiger partial charge in [0.25, 0.3) is 0 Å². The van der Waals surface area contributed by atoms with Gasteiger partial charge in [-0.05, 0) is 49.2 Å². The highest BCUT2D eigenvalue weighted by molar-refractivity contribution is 7.81. The van der Waals surface area contributed by atoms with Gasteiger partial charge in [-0.2, -0.15) is 0 Å². The van der Waals surface area contributed by atoms with Crippen LogP contribution in [0.3, 0.4) is 0 Å². The van der Waals surface area contributed by atoms with Gasteiger partial charge in [0, 0.05) is 17.3 Å². The molecule has 0 atom stereocenters. The van der Waals surface area contributed by atoms with Crippen LogP contribution in [0.4, 0.5) is 11.4 Å². The van der Waals surface area contributed by atoms with Crippen LogP contribution in [0.5, 0.6) is 5.88 Å². The zero-order valence-electron chi connectivity index (χ0n) is 14.6.